The van der Waals surface area contributed by atoms with E-state index in [4.69, 9.17) is 10.5 Å². The third-order valence-electron chi connectivity index (χ3n) is 2.50. The molecule has 1 aromatic heterocycles. The van der Waals surface area contributed by atoms with E-state index >= 15 is 0 Å². The molecule has 2 heterocycles. The van der Waals surface area contributed by atoms with Crippen molar-refractivity contribution in [2.75, 3.05) is 24.7 Å². The molecule has 0 spiro atoms. The Morgan fingerprint density at radius 2 is 2.33 bits per heavy atom. The van der Waals surface area contributed by atoms with Crippen molar-refractivity contribution in [1.82, 2.24) is 9.78 Å². The van der Waals surface area contributed by atoms with Crippen LogP contribution in [0.5, 0.6) is 0 Å². The summed E-state index contributed by atoms with van der Waals surface area (Å²) in [5.41, 5.74) is 5.54. The first kappa shape index (κ1) is 10.8. The molecule has 0 radical (unpaired) electrons. The molecule has 0 aliphatic carbocycles. The van der Waals surface area contributed by atoms with E-state index in [0.717, 1.165) is 30.8 Å². The lowest BCUT2D eigenvalue weighted by Gasteiger charge is -2.21. The van der Waals surface area contributed by atoms with Gasteiger partial charge in [-0.2, -0.15) is 16.9 Å². The summed E-state index contributed by atoms with van der Waals surface area (Å²) < 4.78 is 7.22. The second-order valence-corrected chi connectivity index (χ2v) is 5.09. The van der Waals surface area contributed by atoms with Crippen LogP contribution in [0.15, 0.2) is 12.3 Å². The number of rotatable bonds is 4. The average molecular weight is 227 g/mol. The highest BCUT2D eigenvalue weighted by atomic mass is 32.2. The summed E-state index contributed by atoms with van der Waals surface area (Å²) in [7, 11) is 0. The topological polar surface area (TPSA) is 53.1 Å². The summed E-state index contributed by atoms with van der Waals surface area (Å²) >= 11 is 2.02. The molecule has 1 aliphatic heterocycles. The Bertz CT molecular complexity index is 297. The van der Waals surface area contributed by atoms with Crippen LogP contribution >= 0.6 is 11.8 Å². The van der Waals surface area contributed by atoms with Crippen molar-refractivity contribution >= 4 is 17.6 Å². The lowest BCUT2D eigenvalue weighted by Crippen LogP contribution is -2.18. The molecule has 0 amide bonds. The molecule has 0 unspecified atom stereocenters. The SMILES string of the molecule is Nc1ccn(CCSC2CCOCC2)n1. The molecule has 4 nitrogen and oxygen atoms in total. The van der Waals surface area contributed by atoms with Gasteiger partial charge < -0.3 is 10.5 Å². The predicted molar refractivity (Wildman–Crippen MR) is 62.9 cm³/mol. The van der Waals surface area contributed by atoms with Gasteiger partial charge in [0.05, 0.1) is 6.54 Å². The number of nitrogens with zero attached hydrogens (tertiary/aromatic N) is 2. The van der Waals surface area contributed by atoms with Gasteiger partial charge in [-0.25, -0.2) is 0 Å². The molecule has 0 atom stereocenters. The lowest BCUT2D eigenvalue weighted by atomic mass is 10.2. The fourth-order valence-corrected chi connectivity index (χ4v) is 2.81. The quantitative estimate of drug-likeness (QED) is 0.844. The monoisotopic (exact) mass is 227 g/mol. The Hall–Kier alpha value is -0.680. The van der Waals surface area contributed by atoms with Crippen LogP contribution in [0.2, 0.25) is 0 Å². The minimum atomic E-state index is 0.603. The summed E-state index contributed by atoms with van der Waals surface area (Å²) in [4.78, 5) is 0. The maximum atomic E-state index is 5.54. The zero-order valence-electron chi connectivity index (χ0n) is 8.76. The van der Waals surface area contributed by atoms with Crippen LogP contribution in [-0.4, -0.2) is 34.0 Å². The standard InChI is InChI=1S/C10H17N3OS/c11-10-1-4-13(12-10)5-8-15-9-2-6-14-7-3-9/h1,4,9H,2-3,5-8H2,(H2,11,12). The van der Waals surface area contributed by atoms with Crippen molar-refractivity contribution in [3.05, 3.63) is 12.3 Å². The number of aromatic nitrogens is 2. The van der Waals surface area contributed by atoms with Crippen LogP contribution in [0, 0.1) is 0 Å². The van der Waals surface area contributed by atoms with Gasteiger partial charge in [0.2, 0.25) is 0 Å². The first-order chi connectivity index (χ1) is 7.34. The maximum Gasteiger partial charge on any atom is 0.145 e. The Morgan fingerprint density at radius 1 is 1.53 bits per heavy atom. The van der Waals surface area contributed by atoms with Crippen molar-refractivity contribution in [2.24, 2.45) is 0 Å². The van der Waals surface area contributed by atoms with Gasteiger partial charge in [-0.15, -0.1) is 0 Å². The number of thioether (sulfide) groups is 1. The van der Waals surface area contributed by atoms with E-state index in [2.05, 4.69) is 5.10 Å². The molecule has 2 rings (SSSR count). The fraction of sp³-hybridized carbons (Fsp3) is 0.700. The molecule has 15 heavy (non-hydrogen) atoms. The highest BCUT2D eigenvalue weighted by Crippen LogP contribution is 2.21. The van der Waals surface area contributed by atoms with Crippen molar-refractivity contribution in [3.63, 3.8) is 0 Å². The van der Waals surface area contributed by atoms with E-state index < -0.39 is 0 Å². The lowest BCUT2D eigenvalue weighted by molar-refractivity contribution is 0.1000. The predicted octanol–water partition coefficient (Wildman–Crippen LogP) is 1.38. The van der Waals surface area contributed by atoms with Crippen LogP contribution in [0.4, 0.5) is 5.82 Å². The minimum absolute atomic E-state index is 0.603. The van der Waals surface area contributed by atoms with E-state index in [0.29, 0.717) is 5.82 Å². The molecule has 1 aliphatic rings. The Labute approximate surface area is 94.2 Å². The van der Waals surface area contributed by atoms with E-state index in [1.165, 1.54) is 12.8 Å². The summed E-state index contributed by atoms with van der Waals surface area (Å²) in [5.74, 6) is 1.71. The largest absolute Gasteiger partial charge is 0.382 e. The number of hydrogen-bond donors (Lipinski definition) is 1. The van der Waals surface area contributed by atoms with Gasteiger partial charge in [0.25, 0.3) is 0 Å². The first-order valence-electron chi connectivity index (χ1n) is 5.33. The van der Waals surface area contributed by atoms with Crippen molar-refractivity contribution in [2.45, 2.75) is 24.6 Å². The molecule has 0 aromatic carbocycles. The summed E-state index contributed by atoms with van der Waals surface area (Å²) in [6.07, 6.45) is 4.30. The fourth-order valence-electron chi connectivity index (χ4n) is 1.66. The Balaban J connectivity index is 1.65. The van der Waals surface area contributed by atoms with Crippen LogP contribution in [0.1, 0.15) is 12.8 Å². The third kappa shape index (κ3) is 3.43. The second kappa shape index (κ2) is 5.42. The molecule has 2 N–H and O–H groups in total. The summed E-state index contributed by atoms with van der Waals surface area (Å²) in [6.45, 7) is 2.79. The number of aryl methyl sites for hydroxylation is 1. The van der Waals surface area contributed by atoms with E-state index in [9.17, 15) is 0 Å². The van der Waals surface area contributed by atoms with Gasteiger partial charge >= 0.3 is 0 Å². The summed E-state index contributed by atoms with van der Waals surface area (Å²) in [6, 6.07) is 1.83. The average Bonchev–Trinajstić information content (AvgIpc) is 2.66. The van der Waals surface area contributed by atoms with Crippen molar-refractivity contribution in [1.29, 1.82) is 0 Å². The molecule has 0 bridgehead atoms. The normalized spacial score (nSPS) is 18.1. The zero-order chi connectivity index (χ0) is 10.5. The molecule has 1 saturated heterocycles. The maximum absolute atomic E-state index is 5.54. The zero-order valence-corrected chi connectivity index (χ0v) is 9.58. The van der Waals surface area contributed by atoms with Crippen molar-refractivity contribution in [3.8, 4) is 0 Å². The van der Waals surface area contributed by atoms with Crippen molar-refractivity contribution < 1.29 is 4.74 Å². The number of nitrogens with two attached hydrogens (primary N) is 1. The second-order valence-electron chi connectivity index (χ2n) is 3.69. The van der Waals surface area contributed by atoms with E-state index in [1.54, 1.807) is 0 Å². The molecular weight excluding hydrogens is 210 g/mol. The van der Waals surface area contributed by atoms with E-state index in [1.807, 2.05) is 28.7 Å². The van der Waals surface area contributed by atoms with Crippen LogP contribution < -0.4 is 5.73 Å². The molecule has 5 heteroatoms. The Morgan fingerprint density at radius 3 is 3.00 bits per heavy atom. The number of anilines is 1. The number of hydrogen-bond acceptors (Lipinski definition) is 4. The Kier molecular flexibility index (Phi) is 3.91. The van der Waals surface area contributed by atoms with Gasteiger partial charge in [-0.05, 0) is 18.9 Å². The minimum Gasteiger partial charge on any atom is -0.382 e. The first-order valence-corrected chi connectivity index (χ1v) is 6.38. The molecule has 1 fully saturated rings. The van der Waals surface area contributed by atoms with Gasteiger partial charge in [0.1, 0.15) is 5.82 Å². The summed E-state index contributed by atoms with van der Waals surface area (Å²) in [5, 5.41) is 4.92. The van der Waals surface area contributed by atoms with E-state index in [-0.39, 0.29) is 0 Å². The third-order valence-corrected chi connectivity index (χ3v) is 3.86. The molecule has 1 aromatic rings. The van der Waals surface area contributed by atoms with Crippen LogP contribution in [-0.2, 0) is 11.3 Å². The smallest absolute Gasteiger partial charge is 0.145 e. The van der Waals surface area contributed by atoms with Gasteiger partial charge in [0, 0.05) is 30.4 Å². The number of nitrogen functional groups attached to an aromatic ring is 1. The van der Waals surface area contributed by atoms with Gasteiger partial charge in [-0.3, -0.25) is 4.68 Å². The highest BCUT2D eigenvalue weighted by molar-refractivity contribution is 7.99. The molecule has 0 saturated carbocycles. The highest BCUT2D eigenvalue weighted by Gasteiger charge is 2.13. The molecular formula is C10H17N3OS. The molecule has 84 valence electrons. The van der Waals surface area contributed by atoms with Gasteiger partial charge in [-0.1, -0.05) is 0 Å². The number of ether oxygens (including phenoxy) is 1. The van der Waals surface area contributed by atoms with Crippen LogP contribution in [0.3, 0.4) is 0 Å². The van der Waals surface area contributed by atoms with Crippen LogP contribution in [0.25, 0.3) is 0 Å². The van der Waals surface area contributed by atoms with Gasteiger partial charge in [0.15, 0.2) is 0 Å².